The van der Waals surface area contributed by atoms with Gasteiger partial charge in [-0.05, 0) is 6.92 Å². The van der Waals surface area contributed by atoms with Gasteiger partial charge in [0.15, 0.2) is 0 Å². The minimum atomic E-state index is -4.16. The summed E-state index contributed by atoms with van der Waals surface area (Å²) in [5.74, 6) is 0. The average Bonchev–Trinajstić information content (AvgIpc) is 2.06. The maximum absolute atomic E-state index is 8.05. The molecule has 1 saturated carbocycles. The Balaban J connectivity index is 0.000000223. The lowest BCUT2D eigenvalue weighted by Crippen LogP contribution is -2.38. The molecular weight excluding hydrogens is 188 g/mol. The Morgan fingerprint density at radius 3 is 1.31 bits per heavy atom. The Labute approximate surface area is 80.7 Å². The molecule has 1 fully saturated rings. The van der Waals surface area contributed by atoms with Crippen molar-refractivity contribution < 1.29 is 18.8 Å². The highest BCUT2D eigenvalue weighted by molar-refractivity contribution is 6.48. The average molecular weight is 208 g/mol. The van der Waals surface area contributed by atoms with Crippen molar-refractivity contribution in [3.8, 4) is 0 Å². The van der Waals surface area contributed by atoms with E-state index in [-0.39, 0.29) is 6.61 Å². The maximum Gasteiger partial charge on any atom is 0.671 e. The quantitative estimate of drug-likeness (QED) is 0.586. The lowest BCUT2D eigenvalue weighted by molar-refractivity contribution is 0.0687. The smallest absolute Gasteiger partial charge is 0.368 e. The number of rotatable bonds is 2. The summed E-state index contributed by atoms with van der Waals surface area (Å²) < 4.78 is 4.03. The Morgan fingerprint density at radius 2 is 1.23 bits per heavy atom. The summed E-state index contributed by atoms with van der Waals surface area (Å²) in [5.41, 5.74) is 0. The van der Waals surface area contributed by atoms with Crippen LogP contribution in [0.25, 0.3) is 0 Å². The zero-order valence-corrected chi connectivity index (χ0v) is 9.20. The molecule has 4 nitrogen and oxygen atoms in total. The Hall–Kier alpha value is 0.0569. The first-order chi connectivity index (χ1) is 6.06. The summed E-state index contributed by atoms with van der Waals surface area (Å²) in [4.78, 5) is 24.1. The van der Waals surface area contributed by atoms with Gasteiger partial charge < -0.3 is 18.8 Å². The molecule has 0 radical (unpaired) electrons. The fourth-order valence-corrected chi connectivity index (χ4v) is 1.64. The van der Waals surface area contributed by atoms with Gasteiger partial charge in [-0.2, -0.15) is 0 Å². The van der Waals surface area contributed by atoms with Gasteiger partial charge in [0.1, 0.15) is 0 Å². The first kappa shape index (κ1) is 13.1. The molecule has 1 rings (SSSR count). The molecule has 0 aromatic carbocycles. The van der Waals surface area contributed by atoms with Gasteiger partial charge in [-0.3, -0.25) is 0 Å². The Morgan fingerprint density at radius 1 is 0.923 bits per heavy atom. The van der Waals surface area contributed by atoms with E-state index in [9.17, 15) is 0 Å². The molecule has 0 aliphatic heterocycles. The highest BCUT2D eigenvalue weighted by Gasteiger charge is 2.28. The SMILES string of the molecule is C1CCCCC1.CCO[Si](O)(O)O. The van der Waals surface area contributed by atoms with Gasteiger partial charge in [-0.15, -0.1) is 0 Å². The van der Waals surface area contributed by atoms with Crippen LogP contribution in [-0.2, 0) is 4.43 Å². The zero-order chi connectivity index (χ0) is 10.2. The predicted molar refractivity (Wildman–Crippen MR) is 51.7 cm³/mol. The fourth-order valence-electron chi connectivity index (χ4n) is 1.25. The zero-order valence-electron chi connectivity index (χ0n) is 8.20. The lowest BCUT2D eigenvalue weighted by Gasteiger charge is -2.05. The monoisotopic (exact) mass is 208 g/mol. The summed E-state index contributed by atoms with van der Waals surface area (Å²) in [7, 11) is -4.16. The van der Waals surface area contributed by atoms with Crippen LogP contribution in [0.15, 0.2) is 0 Å². The largest absolute Gasteiger partial charge is 0.671 e. The van der Waals surface area contributed by atoms with Crippen LogP contribution < -0.4 is 0 Å². The molecule has 0 amide bonds. The third-order valence-corrected chi connectivity index (χ3v) is 2.51. The van der Waals surface area contributed by atoms with E-state index in [2.05, 4.69) is 4.43 Å². The second-order valence-corrected chi connectivity index (χ2v) is 4.56. The van der Waals surface area contributed by atoms with E-state index < -0.39 is 9.05 Å². The standard InChI is InChI=1S/C6H12.C2H8O4Si/c1-2-4-6-5-3-1;1-2-6-7(3,4)5/h1-6H2;3-5H,2H2,1H3. The predicted octanol–water partition coefficient (Wildman–Crippen LogP) is 0.776. The normalized spacial score (nSPS) is 17.5. The van der Waals surface area contributed by atoms with Crippen molar-refractivity contribution in [2.75, 3.05) is 6.61 Å². The molecule has 0 aromatic heterocycles. The number of hydrogen-bond donors (Lipinski definition) is 3. The second kappa shape index (κ2) is 7.46. The molecule has 0 saturated heterocycles. The van der Waals surface area contributed by atoms with E-state index in [1.807, 2.05) is 0 Å². The van der Waals surface area contributed by atoms with E-state index in [1.54, 1.807) is 6.92 Å². The van der Waals surface area contributed by atoms with Gasteiger partial charge in [0.25, 0.3) is 0 Å². The van der Waals surface area contributed by atoms with E-state index >= 15 is 0 Å². The third-order valence-electron chi connectivity index (χ3n) is 1.84. The molecule has 0 atom stereocenters. The van der Waals surface area contributed by atoms with Gasteiger partial charge in [-0.25, -0.2) is 0 Å². The van der Waals surface area contributed by atoms with Crippen LogP contribution in [0.3, 0.4) is 0 Å². The van der Waals surface area contributed by atoms with Gasteiger partial charge in [-0.1, -0.05) is 38.5 Å². The maximum atomic E-state index is 8.05. The molecule has 0 heterocycles. The highest BCUT2D eigenvalue weighted by Crippen LogP contribution is 2.15. The van der Waals surface area contributed by atoms with Crippen molar-refractivity contribution in [2.45, 2.75) is 45.4 Å². The van der Waals surface area contributed by atoms with Crippen LogP contribution in [0.5, 0.6) is 0 Å². The first-order valence-electron chi connectivity index (χ1n) is 4.87. The van der Waals surface area contributed by atoms with Crippen LogP contribution in [0.4, 0.5) is 0 Å². The third kappa shape index (κ3) is 12.1. The molecule has 13 heavy (non-hydrogen) atoms. The molecule has 0 aromatic rings. The number of hydrogen-bond acceptors (Lipinski definition) is 4. The van der Waals surface area contributed by atoms with Crippen molar-refractivity contribution in [3.05, 3.63) is 0 Å². The molecular formula is C8H20O4Si. The van der Waals surface area contributed by atoms with E-state index in [0.29, 0.717) is 0 Å². The Kier molecular flexibility index (Phi) is 7.49. The van der Waals surface area contributed by atoms with Gasteiger partial charge in [0.2, 0.25) is 0 Å². The van der Waals surface area contributed by atoms with Crippen molar-refractivity contribution in [1.29, 1.82) is 0 Å². The summed E-state index contributed by atoms with van der Waals surface area (Å²) in [6, 6.07) is 0. The molecule has 1 aliphatic rings. The van der Waals surface area contributed by atoms with Gasteiger partial charge in [0, 0.05) is 6.61 Å². The van der Waals surface area contributed by atoms with E-state index in [0.717, 1.165) is 0 Å². The second-order valence-electron chi connectivity index (χ2n) is 3.13. The molecule has 5 heteroatoms. The van der Waals surface area contributed by atoms with Crippen LogP contribution in [0.2, 0.25) is 0 Å². The van der Waals surface area contributed by atoms with Crippen LogP contribution >= 0.6 is 0 Å². The molecule has 3 N–H and O–H groups in total. The van der Waals surface area contributed by atoms with Gasteiger partial charge in [0.05, 0.1) is 0 Å². The minimum Gasteiger partial charge on any atom is -0.368 e. The van der Waals surface area contributed by atoms with Crippen molar-refractivity contribution in [2.24, 2.45) is 0 Å². The van der Waals surface area contributed by atoms with Crippen LogP contribution in [-0.4, -0.2) is 30.0 Å². The van der Waals surface area contributed by atoms with Crippen molar-refractivity contribution >= 4 is 9.05 Å². The summed E-state index contributed by atoms with van der Waals surface area (Å²) in [6.07, 6.45) is 9.00. The van der Waals surface area contributed by atoms with E-state index in [4.69, 9.17) is 14.4 Å². The molecule has 1 aliphatic carbocycles. The molecule has 0 spiro atoms. The van der Waals surface area contributed by atoms with Crippen molar-refractivity contribution in [1.82, 2.24) is 0 Å². The fraction of sp³-hybridized carbons (Fsp3) is 1.00. The summed E-state index contributed by atoms with van der Waals surface area (Å²) >= 11 is 0. The Bertz CT molecular complexity index is 97.7. The molecule has 0 bridgehead atoms. The van der Waals surface area contributed by atoms with E-state index in [1.165, 1.54) is 38.5 Å². The van der Waals surface area contributed by atoms with Gasteiger partial charge >= 0.3 is 9.05 Å². The van der Waals surface area contributed by atoms with Crippen molar-refractivity contribution in [3.63, 3.8) is 0 Å². The molecule has 80 valence electrons. The lowest BCUT2D eigenvalue weighted by atomic mass is 10.0. The van der Waals surface area contributed by atoms with Crippen LogP contribution in [0, 0.1) is 0 Å². The summed E-state index contributed by atoms with van der Waals surface area (Å²) in [6.45, 7) is 1.68. The topological polar surface area (TPSA) is 69.9 Å². The summed E-state index contributed by atoms with van der Waals surface area (Å²) in [5, 5.41) is 0. The molecule has 0 unspecified atom stereocenters. The first-order valence-corrected chi connectivity index (χ1v) is 6.62. The highest BCUT2D eigenvalue weighted by atomic mass is 28.4. The minimum absolute atomic E-state index is 0.121. The van der Waals surface area contributed by atoms with Crippen LogP contribution in [0.1, 0.15) is 45.4 Å².